The van der Waals surface area contributed by atoms with Crippen molar-refractivity contribution in [1.29, 1.82) is 0 Å². The van der Waals surface area contributed by atoms with Gasteiger partial charge in [-0.3, -0.25) is 0 Å². The molecule has 94 valence electrons. The number of hydrazine groups is 1. The Labute approximate surface area is 108 Å². The minimum absolute atomic E-state index is 0.000984. The fourth-order valence-corrected chi connectivity index (χ4v) is 2.21. The van der Waals surface area contributed by atoms with Gasteiger partial charge in [-0.1, -0.05) is 0 Å². The summed E-state index contributed by atoms with van der Waals surface area (Å²) >= 11 is 3.43. The number of ether oxygens (including phenoxy) is 1. The lowest BCUT2D eigenvalue weighted by molar-refractivity contribution is 0.0657. The zero-order chi connectivity index (χ0) is 12.3. The number of nitrogens with one attached hydrogen (secondary N) is 2. The third kappa shape index (κ3) is 2.85. The summed E-state index contributed by atoms with van der Waals surface area (Å²) in [7, 11) is 0. The van der Waals surface area contributed by atoms with E-state index in [1.807, 2.05) is 0 Å². The quantitative estimate of drug-likeness (QED) is 0.579. The average molecular weight is 302 g/mol. The zero-order valence-corrected chi connectivity index (χ0v) is 11.2. The van der Waals surface area contributed by atoms with E-state index in [2.05, 4.69) is 43.6 Å². The van der Waals surface area contributed by atoms with Crippen molar-refractivity contribution in [1.82, 2.24) is 9.97 Å². The van der Waals surface area contributed by atoms with Crippen molar-refractivity contribution in [2.75, 3.05) is 24.0 Å². The molecule has 0 aliphatic carbocycles. The van der Waals surface area contributed by atoms with Crippen molar-refractivity contribution in [3.63, 3.8) is 0 Å². The lowest BCUT2D eigenvalue weighted by atomic mass is 9.92. The molecule has 1 aromatic heterocycles. The van der Waals surface area contributed by atoms with Crippen LogP contribution < -0.4 is 16.6 Å². The number of aromatic nitrogens is 2. The molecule has 6 nitrogen and oxygen atoms in total. The number of nitrogens with zero attached hydrogens (tertiary/aromatic N) is 2. The van der Waals surface area contributed by atoms with Crippen LogP contribution in [0.4, 0.5) is 11.6 Å². The number of nitrogen functional groups attached to an aromatic ring is 1. The molecule has 1 saturated heterocycles. The maximum absolute atomic E-state index is 5.37. The summed E-state index contributed by atoms with van der Waals surface area (Å²) in [6.07, 6.45) is 3.38. The number of anilines is 2. The standard InChI is InChI=1S/C10H16BrN5O/c1-10(2-4-17-5-3-10)15-8-7(11)9(16-12)14-6-13-8/h6H,2-5,12H2,1H3,(H2,13,14,15,16). The summed E-state index contributed by atoms with van der Waals surface area (Å²) in [4.78, 5) is 8.24. The van der Waals surface area contributed by atoms with Crippen LogP contribution in [-0.2, 0) is 4.74 Å². The molecule has 17 heavy (non-hydrogen) atoms. The molecule has 2 heterocycles. The SMILES string of the molecule is CC1(Nc2ncnc(NN)c2Br)CCOCC1. The highest BCUT2D eigenvalue weighted by atomic mass is 79.9. The van der Waals surface area contributed by atoms with Crippen molar-refractivity contribution in [3.05, 3.63) is 10.8 Å². The molecule has 0 radical (unpaired) electrons. The second kappa shape index (κ2) is 5.16. The highest BCUT2D eigenvalue weighted by molar-refractivity contribution is 9.10. The van der Waals surface area contributed by atoms with E-state index in [1.165, 1.54) is 6.33 Å². The molecule has 0 saturated carbocycles. The van der Waals surface area contributed by atoms with Crippen LogP contribution in [0.5, 0.6) is 0 Å². The molecular formula is C10H16BrN5O. The van der Waals surface area contributed by atoms with Crippen molar-refractivity contribution in [2.45, 2.75) is 25.3 Å². The van der Waals surface area contributed by atoms with Crippen LogP contribution in [0.25, 0.3) is 0 Å². The second-order valence-corrected chi connectivity index (χ2v) is 5.12. The fourth-order valence-electron chi connectivity index (χ4n) is 1.79. The van der Waals surface area contributed by atoms with Gasteiger partial charge in [-0.15, -0.1) is 0 Å². The molecule has 2 rings (SSSR count). The second-order valence-electron chi connectivity index (χ2n) is 4.33. The summed E-state index contributed by atoms with van der Waals surface area (Å²) in [6.45, 7) is 3.71. The molecular weight excluding hydrogens is 286 g/mol. The summed E-state index contributed by atoms with van der Waals surface area (Å²) < 4.78 is 6.11. The van der Waals surface area contributed by atoms with Crippen molar-refractivity contribution < 1.29 is 4.74 Å². The summed E-state index contributed by atoms with van der Waals surface area (Å²) in [5, 5.41) is 3.43. The number of nitrogens with two attached hydrogens (primary N) is 1. The van der Waals surface area contributed by atoms with E-state index in [4.69, 9.17) is 10.6 Å². The first-order valence-electron chi connectivity index (χ1n) is 5.48. The predicted octanol–water partition coefficient (Wildman–Crippen LogP) is 1.51. The van der Waals surface area contributed by atoms with Gasteiger partial charge < -0.3 is 15.5 Å². The van der Waals surface area contributed by atoms with E-state index >= 15 is 0 Å². The lowest BCUT2D eigenvalue weighted by Gasteiger charge is -2.35. The lowest BCUT2D eigenvalue weighted by Crippen LogP contribution is -2.41. The maximum atomic E-state index is 5.37. The molecule has 0 spiro atoms. The van der Waals surface area contributed by atoms with Crippen molar-refractivity contribution in [3.8, 4) is 0 Å². The van der Waals surface area contributed by atoms with Gasteiger partial charge in [-0.2, -0.15) is 0 Å². The molecule has 4 N–H and O–H groups in total. The van der Waals surface area contributed by atoms with Gasteiger partial charge in [-0.25, -0.2) is 15.8 Å². The van der Waals surface area contributed by atoms with Crippen molar-refractivity contribution >= 4 is 27.6 Å². The van der Waals surface area contributed by atoms with Gasteiger partial charge >= 0.3 is 0 Å². The van der Waals surface area contributed by atoms with Gasteiger partial charge in [0, 0.05) is 18.8 Å². The number of rotatable bonds is 3. The Morgan fingerprint density at radius 1 is 1.35 bits per heavy atom. The molecule has 1 fully saturated rings. The molecule has 1 aromatic rings. The number of hydrogen-bond donors (Lipinski definition) is 3. The van der Waals surface area contributed by atoms with E-state index in [0.29, 0.717) is 5.82 Å². The Balaban J connectivity index is 2.17. The average Bonchev–Trinajstić information content (AvgIpc) is 2.32. The van der Waals surface area contributed by atoms with Crippen LogP contribution in [0.15, 0.2) is 10.8 Å². The van der Waals surface area contributed by atoms with Crippen LogP contribution >= 0.6 is 15.9 Å². The van der Waals surface area contributed by atoms with E-state index in [0.717, 1.165) is 36.3 Å². The van der Waals surface area contributed by atoms with E-state index in [-0.39, 0.29) is 5.54 Å². The molecule has 0 aromatic carbocycles. The Morgan fingerprint density at radius 2 is 2.00 bits per heavy atom. The highest BCUT2D eigenvalue weighted by Gasteiger charge is 2.28. The van der Waals surface area contributed by atoms with Gasteiger partial charge in [0.2, 0.25) is 0 Å². The smallest absolute Gasteiger partial charge is 0.159 e. The Hall–Kier alpha value is -0.920. The highest BCUT2D eigenvalue weighted by Crippen LogP contribution is 2.31. The Bertz CT molecular complexity index is 394. The van der Waals surface area contributed by atoms with Crippen LogP contribution in [-0.4, -0.2) is 28.7 Å². The number of halogens is 1. The molecule has 0 atom stereocenters. The van der Waals surface area contributed by atoms with Gasteiger partial charge in [-0.05, 0) is 35.7 Å². The topological polar surface area (TPSA) is 85.1 Å². The molecule has 0 bridgehead atoms. The molecule has 0 unspecified atom stereocenters. The zero-order valence-electron chi connectivity index (χ0n) is 9.66. The first-order chi connectivity index (χ1) is 8.14. The van der Waals surface area contributed by atoms with Gasteiger partial charge in [0.25, 0.3) is 0 Å². The molecule has 0 amide bonds. The summed E-state index contributed by atoms with van der Waals surface area (Å²) in [5.74, 6) is 6.68. The first kappa shape index (κ1) is 12.5. The maximum Gasteiger partial charge on any atom is 0.159 e. The fraction of sp³-hybridized carbons (Fsp3) is 0.600. The Morgan fingerprint density at radius 3 is 2.65 bits per heavy atom. The summed E-state index contributed by atoms with van der Waals surface area (Å²) in [6, 6.07) is 0. The monoisotopic (exact) mass is 301 g/mol. The van der Waals surface area contributed by atoms with E-state index in [9.17, 15) is 0 Å². The minimum atomic E-state index is 0.000984. The van der Waals surface area contributed by atoms with Crippen LogP contribution in [0.3, 0.4) is 0 Å². The largest absolute Gasteiger partial charge is 0.381 e. The normalized spacial score (nSPS) is 18.8. The van der Waals surface area contributed by atoms with Crippen molar-refractivity contribution in [2.24, 2.45) is 5.84 Å². The van der Waals surface area contributed by atoms with Gasteiger partial charge in [0.15, 0.2) is 5.82 Å². The molecule has 7 heteroatoms. The van der Waals surface area contributed by atoms with E-state index < -0.39 is 0 Å². The number of hydrogen-bond acceptors (Lipinski definition) is 6. The molecule has 1 aliphatic heterocycles. The first-order valence-corrected chi connectivity index (χ1v) is 6.27. The van der Waals surface area contributed by atoms with Crippen LogP contribution in [0, 0.1) is 0 Å². The predicted molar refractivity (Wildman–Crippen MR) is 69.6 cm³/mol. The summed E-state index contributed by atoms with van der Waals surface area (Å²) in [5.41, 5.74) is 2.52. The van der Waals surface area contributed by atoms with Crippen LogP contribution in [0.1, 0.15) is 19.8 Å². The Kier molecular flexibility index (Phi) is 3.80. The van der Waals surface area contributed by atoms with Crippen LogP contribution in [0.2, 0.25) is 0 Å². The van der Waals surface area contributed by atoms with E-state index in [1.54, 1.807) is 0 Å². The minimum Gasteiger partial charge on any atom is -0.381 e. The van der Waals surface area contributed by atoms with Gasteiger partial charge in [0.1, 0.15) is 16.6 Å². The molecule has 1 aliphatic rings. The third-order valence-corrected chi connectivity index (χ3v) is 3.69. The third-order valence-electron chi connectivity index (χ3n) is 2.94. The van der Waals surface area contributed by atoms with Gasteiger partial charge in [0.05, 0.1) is 0 Å².